The van der Waals surface area contributed by atoms with E-state index in [-0.39, 0.29) is 16.6 Å². The van der Waals surface area contributed by atoms with Crippen molar-refractivity contribution in [2.75, 3.05) is 5.73 Å². The second-order valence-corrected chi connectivity index (χ2v) is 6.06. The highest BCUT2D eigenvalue weighted by Gasteiger charge is 2.22. The quantitative estimate of drug-likeness (QED) is 0.652. The first-order valence-corrected chi connectivity index (χ1v) is 7.07. The summed E-state index contributed by atoms with van der Waals surface area (Å²) in [6.07, 6.45) is 5.32. The molecule has 0 saturated carbocycles. The van der Waals surface area contributed by atoms with Crippen LogP contribution in [0, 0.1) is 0 Å². The summed E-state index contributed by atoms with van der Waals surface area (Å²) in [7, 11) is -3.60. The van der Waals surface area contributed by atoms with Gasteiger partial charge in [0.25, 0.3) is 0 Å². The topological polar surface area (TPSA) is 72.2 Å². The summed E-state index contributed by atoms with van der Waals surface area (Å²) >= 11 is 5.78. The number of nitrogen functional groups attached to an aromatic ring is 1. The van der Waals surface area contributed by atoms with Crippen molar-refractivity contribution in [3.05, 3.63) is 35.4 Å². The van der Waals surface area contributed by atoms with E-state index in [4.69, 9.17) is 17.3 Å². The van der Waals surface area contributed by atoms with Crippen molar-refractivity contribution in [2.45, 2.75) is 23.8 Å². The molecule has 0 spiro atoms. The molecule has 1 aromatic carbocycles. The van der Waals surface area contributed by atoms with E-state index < -0.39 is 10.0 Å². The number of halogens is 1. The van der Waals surface area contributed by atoms with Crippen LogP contribution in [-0.2, 0) is 10.0 Å². The van der Waals surface area contributed by atoms with E-state index in [2.05, 4.69) is 4.72 Å². The molecule has 2 rings (SSSR count). The Balaban J connectivity index is 2.27. The van der Waals surface area contributed by atoms with Crippen molar-refractivity contribution in [2.24, 2.45) is 0 Å². The van der Waals surface area contributed by atoms with E-state index in [1.165, 1.54) is 12.1 Å². The van der Waals surface area contributed by atoms with Gasteiger partial charge in [0.2, 0.25) is 10.0 Å². The van der Waals surface area contributed by atoms with Gasteiger partial charge in [-0.05, 0) is 31.0 Å². The summed E-state index contributed by atoms with van der Waals surface area (Å²) in [5.41, 5.74) is 5.86. The van der Waals surface area contributed by atoms with Crippen LogP contribution in [0.25, 0.3) is 0 Å². The Morgan fingerprint density at radius 1 is 1.29 bits per heavy atom. The summed E-state index contributed by atoms with van der Waals surface area (Å²) in [4.78, 5) is 0.0388. The number of sulfonamides is 1. The Morgan fingerprint density at radius 3 is 2.59 bits per heavy atom. The van der Waals surface area contributed by atoms with Crippen LogP contribution >= 0.6 is 11.6 Å². The molecule has 0 radical (unpaired) electrons. The van der Waals surface area contributed by atoms with Crippen molar-refractivity contribution in [1.29, 1.82) is 0 Å². The van der Waals surface area contributed by atoms with Crippen molar-refractivity contribution in [1.82, 2.24) is 4.72 Å². The molecule has 92 valence electrons. The normalized spacial score (nSPS) is 16.5. The second-order valence-electron chi connectivity index (χ2n) is 3.94. The summed E-state index contributed by atoms with van der Waals surface area (Å²) < 4.78 is 26.8. The molecule has 4 nitrogen and oxygen atoms in total. The van der Waals surface area contributed by atoms with Crippen LogP contribution < -0.4 is 10.5 Å². The van der Waals surface area contributed by atoms with E-state index in [0.717, 1.165) is 0 Å². The number of benzene rings is 1. The van der Waals surface area contributed by atoms with Gasteiger partial charge < -0.3 is 5.73 Å². The number of hydrogen-bond donors (Lipinski definition) is 2. The summed E-state index contributed by atoms with van der Waals surface area (Å²) in [6.45, 7) is 0. The molecule has 1 aliphatic rings. The van der Waals surface area contributed by atoms with Crippen LogP contribution in [0.3, 0.4) is 0 Å². The molecule has 6 heteroatoms. The van der Waals surface area contributed by atoms with Crippen LogP contribution in [-0.4, -0.2) is 14.5 Å². The molecule has 0 saturated heterocycles. The number of nitrogens with one attached hydrogen (secondary N) is 1. The molecular formula is C11H13ClN2O2S. The molecule has 0 atom stereocenters. The van der Waals surface area contributed by atoms with E-state index >= 15 is 0 Å². The van der Waals surface area contributed by atoms with Gasteiger partial charge in [-0.2, -0.15) is 0 Å². The van der Waals surface area contributed by atoms with E-state index in [1.807, 2.05) is 12.2 Å². The molecular weight excluding hydrogens is 260 g/mol. The lowest BCUT2D eigenvalue weighted by Gasteiger charge is -2.14. The monoisotopic (exact) mass is 272 g/mol. The van der Waals surface area contributed by atoms with Gasteiger partial charge in [-0.3, -0.25) is 0 Å². The van der Waals surface area contributed by atoms with E-state index in [1.54, 1.807) is 6.07 Å². The van der Waals surface area contributed by atoms with Gasteiger partial charge in [0, 0.05) is 11.1 Å². The zero-order chi connectivity index (χ0) is 12.5. The minimum Gasteiger partial charge on any atom is -0.398 e. The maximum absolute atomic E-state index is 12.1. The van der Waals surface area contributed by atoms with Crippen LogP contribution in [0.5, 0.6) is 0 Å². The number of rotatable bonds is 3. The highest BCUT2D eigenvalue weighted by atomic mass is 35.5. The Bertz CT molecular complexity index is 547. The van der Waals surface area contributed by atoms with Crippen molar-refractivity contribution in [3.63, 3.8) is 0 Å². The van der Waals surface area contributed by atoms with Gasteiger partial charge in [0.15, 0.2) is 0 Å². The molecule has 3 N–H and O–H groups in total. The van der Waals surface area contributed by atoms with E-state index in [9.17, 15) is 8.42 Å². The lowest BCUT2D eigenvalue weighted by Crippen LogP contribution is -2.33. The Hall–Kier alpha value is -1.04. The maximum atomic E-state index is 12.1. The Kier molecular flexibility index (Phi) is 3.42. The fraction of sp³-hybridized carbons (Fsp3) is 0.273. The first-order chi connectivity index (χ1) is 7.99. The Labute approximate surface area is 106 Å². The molecule has 0 heterocycles. The van der Waals surface area contributed by atoms with Crippen LogP contribution in [0.2, 0.25) is 5.02 Å². The minimum absolute atomic E-state index is 0.0388. The maximum Gasteiger partial charge on any atom is 0.242 e. The molecule has 0 aromatic heterocycles. The van der Waals surface area contributed by atoms with Gasteiger partial charge in [0.1, 0.15) is 4.90 Å². The average molecular weight is 273 g/mol. The fourth-order valence-corrected chi connectivity index (χ4v) is 3.39. The summed E-state index contributed by atoms with van der Waals surface area (Å²) in [5.74, 6) is 0. The largest absolute Gasteiger partial charge is 0.398 e. The van der Waals surface area contributed by atoms with E-state index in [0.29, 0.717) is 17.9 Å². The lowest BCUT2D eigenvalue weighted by atomic mass is 10.3. The molecule has 0 amide bonds. The molecule has 1 aliphatic carbocycles. The zero-order valence-corrected chi connectivity index (χ0v) is 10.6. The van der Waals surface area contributed by atoms with Gasteiger partial charge in [-0.15, -0.1) is 0 Å². The van der Waals surface area contributed by atoms with Crippen LogP contribution in [0.15, 0.2) is 35.2 Å². The smallest absolute Gasteiger partial charge is 0.242 e. The first-order valence-electron chi connectivity index (χ1n) is 5.21. The van der Waals surface area contributed by atoms with Gasteiger partial charge in [0.05, 0.1) is 5.69 Å². The number of anilines is 1. The molecule has 0 unspecified atom stereocenters. The predicted molar refractivity (Wildman–Crippen MR) is 68.3 cm³/mol. The molecule has 1 aromatic rings. The third-order valence-electron chi connectivity index (χ3n) is 2.59. The van der Waals surface area contributed by atoms with Crippen LogP contribution in [0.4, 0.5) is 5.69 Å². The fourth-order valence-electron chi connectivity index (χ4n) is 1.74. The minimum atomic E-state index is -3.60. The zero-order valence-electron chi connectivity index (χ0n) is 9.06. The van der Waals surface area contributed by atoms with Gasteiger partial charge in [-0.1, -0.05) is 23.8 Å². The first kappa shape index (κ1) is 12.4. The standard InChI is InChI=1S/C11H13ClN2O2S/c12-8-5-6-10(13)11(7-8)17(15,16)14-9-3-1-2-4-9/h1-2,5-7,9,14H,3-4,13H2. The third-order valence-corrected chi connectivity index (χ3v) is 4.41. The van der Waals surface area contributed by atoms with Gasteiger partial charge in [-0.25, -0.2) is 13.1 Å². The van der Waals surface area contributed by atoms with Gasteiger partial charge >= 0.3 is 0 Å². The Morgan fingerprint density at radius 2 is 1.94 bits per heavy atom. The highest BCUT2D eigenvalue weighted by Crippen LogP contribution is 2.23. The molecule has 0 fully saturated rings. The highest BCUT2D eigenvalue weighted by molar-refractivity contribution is 7.89. The predicted octanol–water partition coefficient (Wildman–Crippen LogP) is 1.92. The molecule has 0 bridgehead atoms. The van der Waals surface area contributed by atoms with Crippen molar-refractivity contribution in [3.8, 4) is 0 Å². The molecule has 17 heavy (non-hydrogen) atoms. The number of hydrogen-bond acceptors (Lipinski definition) is 3. The SMILES string of the molecule is Nc1ccc(Cl)cc1S(=O)(=O)NC1CC=CC1. The molecule has 0 aliphatic heterocycles. The summed E-state index contributed by atoms with van der Waals surface area (Å²) in [6, 6.07) is 4.33. The van der Waals surface area contributed by atoms with Crippen molar-refractivity contribution < 1.29 is 8.42 Å². The summed E-state index contributed by atoms with van der Waals surface area (Å²) in [5, 5.41) is 0.351. The third kappa shape index (κ3) is 2.80. The van der Waals surface area contributed by atoms with Crippen LogP contribution in [0.1, 0.15) is 12.8 Å². The number of nitrogens with two attached hydrogens (primary N) is 1. The average Bonchev–Trinajstić information content (AvgIpc) is 2.73. The van der Waals surface area contributed by atoms with Crippen molar-refractivity contribution >= 4 is 27.3 Å². The second kappa shape index (κ2) is 4.68. The lowest BCUT2D eigenvalue weighted by molar-refractivity contribution is 0.558.